The molecule has 1 unspecified atom stereocenters. The van der Waals surface area contributed by atoms with Gasteiger partial charge < -0.3 is 15.5 Å². The zero-order chi connectivity index (χ0) is 21.5. The number of ether oxygens (including phenoxy) is 1. The fourth-order valence-corrected chi connectivity index (χ4v) is 4.29. The highest BCUT2D eigenvalue weighted by molar-refractivity contribution is 6.20. The van der Waals surface area contributed by atoms with Crippen LogP contribution in [0.2, 0.25) is 0 Å². The van der Waals surface area contributed by atoms with Gasteiger partial charge in [-0.25, -0.2) is 8.78 Å². The maximum atomic E-state index is 14.6. The van der Waals surface area contributed by atoms with Crippen LogP contribution in [-0.4, -0.2) is 17.3 Å². The van der Waals surface area contributed by atoms with Crippen LogP contribution in [-0.2, 0) is 0 Å². The summed E-state index contributed by atoms with van der Waals surface area (Å²) in [5.74, 6) is -0.0195. The lowest BCUT2D eigenvalue weighted by Gasteiger charge is -2.34. The summed E-state index contributed by atoms with van der Waals surface area (Å²) in [6.45, 7) is 8.09. The zero-order valence-electron chi connectivity index (χ0n) is 17.2. The minimum Gasteiger partial charge on any atom is -0.493 e. The number of rotatable bonds is 6. The highest BCUT2D eigenvalue weighted by Gasteiger charge is 2.53. The van der Waals surface area contributed by atoms with Crippen LogP contribution >= 0.6 is 0 Å². The number of pyridine rings is 1. The van der Waals surface area contributed by atoms with E-state index < -0.39 is 5.82 Å². The Kier molecular flexibility index (Phi) is 5.18. The largest absolute Gasteiger partial charge is 0.493 e. The van der Waals surface area contributed by atoms with Crippen LogP contribution in [0.1, 0.15) is 50.3 Å². The monoisotopic (exact) mass is 409 g/mol. The summed E-state index contributed by atoms with van der Waals surface area (Å²) in [5.41, 5.74) is 3.23. The summed E-state index contributed by atoms with van der Waals surface area (Å²) in [4.78, 5) is 4.21. The van der Waals surface area contributed by atoms with Crippen LogP contribution in [0.25, 0.3) is 5.57 Å². The molecule has 1 atom stereocenters. The van der Waals surface area contributed by atoms with Crippen molar-refractivity contribution in [3.8, 4) is 5.75 Å². The van der Waals surface area contributed by atoms with Crippen LogP contribution < -0.4 is 10.1 Å². The molecule has 2 N–H and O–H groups in total. The van der Waals surface area contributed by atoms with Crippen molar-refractivity contribution >= 4 is 17.0 Å². The average molecular weight is 409 g/mol. The van der Waals surface area contributed by atoms with Gasteiger partial charge >= 0.3 is 0 Å². The summed E-state index contributed by atoms with van der Waals surface area (Å²) in [6.07, 6.45) is 6.02. The molecule has 6 heteroatoms. The predicted molar refractivity (Wildman–Crippen MR) is 115 cm³/mol. The Balaban J connectivity index is 1.52. The molecule has 1 aromatic carbocycles. The minimum absolute atomic E-state index is 0.0745. The number of benzene rings is 1. The molecule has 2 aromatic rings. The van der Waals surface area contributed by atoms with Crippen LogP contribution in [0.3, 0.4) is 0 Å². The smallest absolute Gasteiger partial charge is 0.151 e. The van der Waals surface area contributed by atoms with Crippen LogP contribution in [0, 0.1) is 22.5 Å². The molecule has 1 saturated carbocycles. The van der Waals surface area contributed by atoms with E-state index in [2.05, 4.69) is 16.9 Å². The first kappa shape index (κ1) is 20.3. The summed E-state index contributed by atoms with van der Waals surface area (Å²) < 4.78 is 34.0. The normalized spacial score (nSPS) is 19.1. The van der Waals surface area contributed by atoms with E-state index in [9.17, 15) is 8.78 Å². The van der Waals surface area contributed by atoms with Crippen molar-refractivity contribution in [2.45, 2.75) is 39.0 Å². The van der Waals surface area contributed by atoms with Gasteiger partial charge in [0.15, 0.2) is 5.82 Å². The third-order valence-electron chi connectivity index (χ3n) is 6.06. The topological polar surface area (TPSA) is 58.0 Å². The van der Waals surface area contributed by atoms with Crippen molar-refractivity contribution in [2.24, 2.45) is 5.41 Å². The van der Waals surface area contributed by atoms with Gasteiger partial charge in [-0.3, -0.25) is 4.98 Å². The lowest BCUT2D eigenvalue weighted by molar-refractivity contribution is 0.174. The van der Waals surface area contributed by atoms with Crippen molar-refractivity contribution in [3.63, 3.8) is 0 Å². The molecule has 4 nitrogen and oxygen atoms in total. The van der Waals surface area contributed by atoms with Crippen molar-refractivity contribution in [2.75, 3.05) is 11.9 Å². The molecule has 2 aliphatic rings. The van der Waals surface area contributed by atoms with Crippen LogP contribution in [0.4, 0.5) is 14.5 Å². The first-order valence-electron chi connectivity index (χ1n) is 10.1. The van der Waals surface area contributed by atoms with Gasteiger partial charge in [0.1, 0.15) is 17.3 Å². The highest BCUT2D eigenvalue weighted by atomic mass is 19.1. The second-order valence-electron chi connectivity index (χ2n) is 8.20. The summed E-state index contributed by atoms with van der Waals surface area (Å²) in [6, 6.07) is 6.08. The SMILES string of the molecule is C=C(CC1c2ccc(F)cc2OCC12CC2)Nc1cnc(/C(=C/C)C(C)=N)c(F)c1. The first-order valence-corrected chi connectivity index (χ1v) is 10.1. The molecule has 30 heavy (non-hydrogen) atoms. The van der Waals surface area contributed by atoms with Crippen molar-refractivity contribution in [1.29, 1.82) is 5.41 Å². The molecule has 4 rings (SSSR count). The fraction of sp³-hybridized carbons (Fsp3) is 0.333. The number of allylic oxidation sites excluding steroid dienone is 3. The molecule has 1 aromatic heterocycles. The average Bonchev–Trinajstić information content (AvgIpc) is 3.47. The molecule has 0 amide bonds. The molecule has 1 spiro atoms. The van der Waals surface area contributed by atoms with Gasteiger partial charge in [0.25, 0.3) is 0 Å². The Labute approximate surface area is 175 Å². The summed E-state index contributed by atoms with van der Waals surface area (Å²) in [7, 11) is 0. The Hall–Kier alpha value is -3.02. The second kappa shape index (κ2) is 7.67. The van der Waals surface area contributed by atoms with Crippen LogP contribution in [0.5, 0.6) is 5.75 Å². The van der Waals surface area contributed by atoms with E-state index in [1.807, 2.05) is 0 Å². The molecule has 156 valence electrons. The van der Waals surface area contributed by atoms with Gasteiger partial charge in [-0.05, 0) is 44.7 Å². The van der Waals surface area contributed by atoms with Gasteiger partial charge in [0, 0.05) is 40.4 Å². The molecule has 1 aliphatic carbocycles. The Morgan fingerprint density at radius 2 is 2.13 bits per heavy atom. The second-order valence-corrected chi connectivity index (χ2v) is 8.20. The maximum absolute atomic E-state index is 14.6. The summed E-state index contributed by atoms with van der Waals surface area (Å²) in [5, 5.41) is 10.9. The third-order valence-corrected chi connectivity index (χ3v) is 6.06. The maximum Gasteiger partial charge on any atom is 0.151 e. The Morgan fingerprint density at radius 3 is 2.77 bits per heavy atom. The van der Waals surface area contributed by atoms with Gasteiger partial charge in [0.05, 0.1) is 18.5 Å². The quantitative estimate of drug-likeness (QED) is 0.569. The molecule has 2 heterocycles. The summed E-state index contributed by atoms with van der Waals surface area (Å²) >= 11 is 0. The van der Waals surface area contributed by atoms with E-state index in [4.69, 9.17) is 10.1 Å². The number of anilines is 1. The van der Waals surface area contributed by atoms with Gasteiger partial charge in [-0.1, -0.05) is 18.7 Å². The molecule has 1 fully saturated rings. The molecule has 0 saturated heterocycles. The fourth-order valence-electron chi connectivity index (χ4n) is 4.29. The molecule has 0 bridgehead atoms. The van der Waals surface area contributed by atoms with E-state index in [0.717, 1.165) is 24.1 Å². The number of fused-ring (bicyclic) bond motifs is 1. The lowest BCUT2D eigenvalue weighted by atomic mass is 9.78. The number of halogens is 2. The van der Waals surface area contributed by atoms with E-state index in [-0.39, 0.29) is 28.6 Å². The Morgan fingerprint density at radius 1 is 1.37 bits per heavy atom. The standard InChI is InChI=1S/C24H25F2N3O/c1-4-18(15(3)27)23-21(26)11-17(12-28-23)29-14(2)9-20-19-6-5-16(25)10-22(19)30-13-24(20)7-8-24/h4-6,10-12,20,27,29H,2,7-9,13H2,1,3H3/b18-4+,27-15?. The molecular formula is C24H25F2N3O. The predicted octanol–water partition coefficient (Wildman–Crippen LogP) is 6.07. The van der Waals surface area contributed by atoms with Crippen molar-refractivity contribution < 1.29 is 13.5 Å². The third kappa shape index (κ3) is 3.74. The van der Waals surface area contributed by atoms with Crippen LogP contribution in [0.15, 0.2) is 48.8 Å². The number of nitrogens with one attached hydrogen (secondary N) is 2. The lowest BCUT2D eigenvalue weighted by Crippen LogP contribution is -2.28. The van der Waals surface area contributed by atoms with Gasteiger partial charge in [-0.15, -0.1) is 0 Å². The Bertz CT molecular complexity index is 1060. The number of hydrogen-bond donors (Lipinski definition) is 2. The van der Waals surface area contributed by atoms with Crippen molar-refractivity contribution in [1.82, 2.24) is 4.98 Å². The van der Waals surface area contributed by atoms with Crippen molar-refractivity contribution in [3.05, 3.63) is 71.7 Å². The first-order chi connectivity index (χ1) is 14.3. The van der Waals surface area contributed by atoms with E-state index in [1.165, 1.54) is 18.2 Å². The molecule has 1 aliphatic heterocycles. The minimum atomic E-state index is -0.488. The van der Waals surface area contributed by atoms with Gasteiger partial charge in [0.2, 0.25) is 0 Å². The van der Waals surface area contributed by atoms with E-state index >= 15 is 0 Å². The zero-order valence-corrected chi connectivity index (χ0v) is 17.2. The number of nitrogens with zero attached hydrogens (tertiary/aromatic N) is 1. The number of hydrogen-bond acceptors (Lipinski definition) is 4. The van der Waals surface area contributed by atoms with E-state index in [1.54, 1.807) is 32.2 Å². The van der Waals surface area contributed by atoms with E-state index in [0.29, 0.717) is 30.0 Å². The molecule has 0 radical (unpaired) electrons. The number of aromatic nitrogens is 1. The molecular weight excluding hydrogens is 384 g/mol. The van der Waals surface area contributed by atoms with Gasteiger partial charge in [-0.2, -0.15) is 0 Å². The highest BCUT2D eigenvalue weighted by Crippen LogP contribution is 2.61.